The van der Waals surface area contributed by atoms with Crippen molar-refractivity contribution in [1.82, 2.24) is 9.80 Å². The number of hydrogen-bond acceptors (Lipinski definition) is 4. The Kier molecular flexibility index (Phi) is 6.23. The van der Waals surface area contributed by atoms with Crippen LogP contribution in [0, 0.1) is 12.8 Å². The quantitative estimate of drug-likeness (QED) is 0.793. The van der Waals surface area contributed by atoms with Gasteiger partial charge in [-0.25, -0.2) is 4.79 Å². The number of hydrogen-bond donors (Lipinski definition) is 1. The van der Waals surface area contributed by atoms with E-state index in [1.54, 1.807) is 13.0 Å². The molecule has 0 amide bonds. The van der Waals surface area contributed by atoms with Gasteiger partial charge in [-0.05, 0) is 33.0 Å². The average Bonchev–Trinajstić information content (AvgIpc) is 2.66. The number of nitrogens with zero attached hydrogens (tertiary/aromatic N) is 2. The first kappa shape index (κ1) is 16.7. The molecule has 5 heteroatoms. The zero-order valence-electron chi connectivity index (χ0n) is 13.1. The summed E-state index contributed by atoms with van der Waals surface area (Å²) in [6.45, 7) is 9.58. The van der Waals surface area contributed by atoms with Crippen LogP contribution in [0.2, 0.25) is 0 Å². The summed E-state index contributed by atoms with van der Waals surface area (Å²) in [7, 11) is 4.10. The van der Waals surface area contributed by atoms with Crippen molar-refractivity contribution in [2.45, 2.75) is 27.3 Å². The molecule has 0 saturated carbocycles. The molecule has 0 unspecified atom stereocenters. The van der Waals surface area contributed by atoms with E-state index in [2.05, 4.69) is 23.6 Å². The molecular formula is C15H26N2O3. The van der Waals surface area contributed by atoms with Gasteiger partial charge >= 0.3 is 5.97 Å². The van der Waals surface area contributed by atoms with Crippen molar-refractivity contribution in [1.29, 1.82) is 0 Å². The Labute approximate surface area is 121 Å². The molecule has 1 aromatic heterocycles. The van der Waals surface area contributed by atoms with Crippen molar-refractivity contribution in [2.24, 2.45) is 5.92 Å². The Hall–Kier alpha value is -1.33. The van der Waals surface area contributed by atoms with E-state index in [0.717, 1.165) is 25.4 Å². The monoisotopic (exact) mass is 282 g/mol. The van der Waals surface area contributed by atoms with Gasteiger partial charge in [-0.2, -0.15) is 0 Å². The summed E-state index contributed by atoms with van der Waals surface area (Å²) >= 11 is 0. The smallest absolute Gasteiger partial charge is 0.339 e. The molecule has 0 bridgehead atoms. The third-order valence-electron chi connectivity index (χ3n) is 3.07. The highest BCUT2D eigenvalue weighted by Gasteiger charge is 2.16. The number of rotatable bonds is 8. The molecule has 0 spiro atoms. The van der Waals surface area contributed by atoms with E-state index >= 15 is 0 Å². The molecule has 1 N–H and O–H groups in total. The van der Waals surface area contributed by atoms with E-state index in [0.29, 0.717) is 18.2 Å². The number of aromatic carboxylic acids is 1. The lowest BCUT2D eigenvalue weighted by atomic mass is 10.2. The fourth-order valence-corrected chi connectivity index (χ4v) is 2.15. The number of carboxylic acid groups (broad SMARTS) is 1. The van der Waals surface area contributed by atoms with Crippen molar-refractivity contribution >= 4 is 5.97 Å². The van der Waals surface area contributed by atoms with Gasteiger partial charge < -0.3 is 14.4 Å². The number of furan rings is 1. The van der Waals surface area contributed by atoms with E-state index < -0.39 is 5.97 Å². The largest absolute Gasteiger partial charge is 0.478 e. The van der Waals surface area contributed by atoms with Crippen LogP contribution >= 0.6 is 0 Å². The second-order valence-electron chi connectivity index (χ2n) is 5.92. The Balaban J connectivity index is 2.72. The molecule has 0 saturated heterocycles. The third-order valence-corrected chi connectivity index (χ3v) is 3.07. The lowest BCUT2D eigenvalue weighted by Gasteiger charge is -2.24. The fourth-order valence-electron chi connectivity index (χ4n) is 2.15. The topological polar surface area (TPSA) is 56.9 Å². The first-order valence-electron chi connectivity index (χ1n) is 6.99. The molecule has 0 fully saturated rings. The summed E-state index contributed by atoms with van der Waals surface area (Å²) in [5.41, 5.74) is 0.261. The van der Waals surface area contributed by atoms with Gasteiger partial charge in [0.1, 0.15) is 17.1 Å². The molecule has 1 rings (SSSR count). The van der Waals surface area contributed by atoms with Crippen LogP contribution in [-0.2, 0) is 6.54 Å². The second-order valence-corrected chi connectivity index (χ2v) is 5.92. The fraction of sp³-hybridized carbons (Fsp3) is 0.667. The maximum Gasteiger partial charge on any atom is 0.339 e. The van der Waals surface area contributed by atoms with Crippen molar-refractivity contribution in [3.05, 3.63) is 23.2 Å². The highest BCUT2D eigenvalue weighted by molar-refractivity contribution is 5.88. The number of likely N-dealkylation sites (N-methyl/N-ethyl adjacent to an activating group) is 1. The van der Waals surface area contributed by atoms with Gasteiger partial charge in [0.25, 0.3) is 0 Å². The van der Waals surface area contributed by atoms with Gasteiger partial charge in [0.05, 0.1) is 6.54 Å². The van der Waals surface area contributed by atoms with Crippen LogP contribution in [0.4, 0.5) is 0 Å². The van der Waals surface area contributed by atoms with Crippen molar-refractivity contribution in [3.8, 4) is 0 Å². The standard InChI is InChI=1S/C15H26N2O3/c1-11(2)9-17(7-6-16(4)5)10-13-8-14(15(18)19)12(3)20-13/h8,11H,6-7,9-10H2,1-5H3,(H,18,19). The van der Waals surface area contributed by atoms with Gasteiger partial charge in [0.15, 0.2) is 0 Å². The number of carboxylic acids is 1. The molecular weight excluding hydrogens is 256 g/mol. The van der Waals surface area contributed by atoms with Crippen LogP contribution < -0.4 is 0 Å². The lowest BCUT2D eigenvalue weighted by Crippen LogP contribution is -2.33. The Morgan fingerprint density at radius 1 is 1.35 bits per heavy atom. The van der Waals surface area contributed by atoms with E-state index in [1.807, 2.05) is 14.1 Å². The summed E-state index contributed by atoms with van der Waals surface area (Å²) in [6.07, 6.45) is 0. The van der Waals surface area contributed by atoms with E-state index in [9.17, 15) is 4.79 Å². The maximum absolute atomic E-state index is 11.0. The van der Waals surface area contributed by atoms with Crippen LogP contribution in [0.25, 0.3) is 0 Å². The molecule has 0 aliphatic heterocycles. The van der Waals surface area contributed by atoms with Gasteiger partial charge in [-0.3, -0.25) is 4.90 Å². The predicted molar refractivity (Wildman–Crippen MR) is 79.1 cm³/mol. The van der Waals surface area contributed by atoms with Crippen LogP contribution in [-0.4, -0.2) is 54.6 Å². The maximum atomic E-state index is 11.0. The SMILES string of the molecule is Cc1oc(CN(CCN(C)C)CC(C)C)cc1C(=O)O. The minimum Gasteiger partial charge on any atom is -0.478 e. The first-order chi connectivity index (χ1) is 9.29. The molecule has 114 valence electrons. The zero-order chi connectivity index (χ0) is 15.3. The summed E-state index contributed by atoms with van der Waals surface area (Å²) in [5, 5.41) is 9.05. The summed E-state index contributed by atoms with van der Waals surface area (Å²) in [6, 6.07) is 1.64. The van der Waals surface area contributed by atoms with Crippen molar-refractivity contribution in [2.75, 3.05) is 33.7 Å². The van der Waals surface area contributed by atoms with E-state index in [4.69, 9.17) is 9.52 Å². The zero-order valence-corrected chi connectivity index (χ0v) is 13.1. The van der Waals surface area contributed by atoms with Gasteiger partial charge in [-0.15, -0.1) is 0 Å². The first-order valence-corrected chi connectivity index (χ1v) is 6.99. The van der Waals surface area contributed by atoms with Crippen molar-refractivity contribution in [3.63, 3.8) is 0 Å². The van der Waals surface area contributed by atoms with Gasteiger partial charge in [0, 0.05) is 19.6 Å². The highest BCUT2D eigenvalue weighted by atomic mass is 16.4. The Morgan fingerprint density at radius 3 is 2.45 bits per heavy atom. The normalized spacial score (nSPS) is 11.8. The van der Waals surface area contributed by atoms with Crippen LogP contribution in [0.5, 0.6) is 0 Å². The van der Waals surface area contributed by atoms with Crippen molar-refractivity contribution < 1.29 is 14.3 Å². The third kappa shape index (κ3) is 5.35. The molecule has 0 aliphatic rings. The number of aryl methyl sites for hydroxylation is 1. The molecule has 0 aliphatic carbocycles. The Morgan fingerprint density at radius 2 is 2.00 bits per heavy atom. The van der Waals surface area contributed by atoms with Gasteiger partial charge in [0.2, 0.25) is 0 Å². The molecule has 0 aromatic carbocycles. The predicted octanol–water partition coefficient (Wildman–Crippen LogP) is 2.31. The van der Waals surface area contributed by atoms with Crippen LogP contribution in [0.15, 0.2) is 10.5 Å². The van der Waals surface area contributed by atoms with Gasteiger partial charge in [-0.1, -0.05) is 13.8 Å². The second kappa shape index (κ2) is 7.45. The number of carbonyl (C=O) groups is 1. The molecule has 1 heterocycles. The van der Waals surface area contributed by atoms with E-state index in [-0.39, 0.29) is 5.56 Å². The molecule has 0 atom stereocenters. The minimum absolute atomic E-state index is 0.261. The highest BCUT2D eigenvalue weighted by Crippen LogP contribution is 2.17. The van der Waals surface area contributed by atoms with E-state index in [1.165, 1.54) is 0 Å². The molecule has 0 radical (unpaired) electrons. The van der Waals surface area contributed by atoms with Crippen LogP contribution in [0.3, 0.4) is 0 Å². The molecule has 20 heavy (non-hydrogen) atoms. The average molecular weight is 282 g/mol. The molecule has 5 nitrogen and oxygen atoms in total. The molecule has 1 aromatic rings. The lowest BCUT2D eigenvalue weighted by molar-refractivity contribution is 0.0695. The van der Waals surface area contributed by atoms with Crippen LogP contribution in [0.1, 0.15) is 35.7 Å². The summed E-state index contributed by atoms with van der Waals surface area (Å²) < 4.78 is 5.56. The minimum atomic E-state index is -0.929. The summed E-state index contributed by atoms with van der Waals surface area (Å²) in [4.78, 5) is 15.5. The Bertz CT molecular complexity index is 438. The summed E-state index contributed by atoms with van der Waals surface area (Å²) in [5.74, 6) is 0.831.